The van der Waals surface area contributed by atoms with E-state index in [1.165, 1.54) is 0 Å². The van der Waals surface area contributed by atoms with Gasteiger partial charge in [-0.15, -0.1) is 0 Å². The van der Waals surface area contributed by atoms with E-state index in [1.54, 1.807) is 36.7 Å². The first-order valence-corrected chi connectivity index (χ1v) is 7.82. The standard InChI is InChI=1S/C16H17ClN6O/c1-10(19-16(24)20-13-6-4-12(17)5-7-13)14-21-15(23-22-14)11-3-2-8-18-9-11/h2-10,14,22H,1H3,(H,21,23)(H2,19,20,24). The van der Waals surface area contributed by atoms with Crippen LogP contribution < -0.4 is 21.5 Å². The third kappa shape index (κ3) is 4.01. The lowest BCUT2D eigenvalue weighted by Gasteiger charge is -2.18. The highest BCUT2D eigenvalue weighted by molar-refractivity contribution is 6.30. The first kappa shape index (κ1) is 16.2. The van der Waals surface area contributed by atoms with Crippen molar-refractivity contribution in [3.63, 3.8) is 0 Å². The number of amides is 2. The highest BCUT2D eigenvalue weighted by Gasteiger charge is 2.24. The molecule has 3 rings (SSSR count). The molecule has 0 aliphatic carbocycles. The fraction of sp³-hybridized carbons (Fsp3) is 0.188. The van der Waals surface area contributed by atoms with E-state index in [9.17, 15) is 4.79 Å². The molecule has 2 amide bonds. The maximum absolute atomic E-state index is 12.1. The molecule has 1 aromatic carbocycles. The summed E-state index contributed by atoms with van der Waals surface area (Å²) in [6.07, 6.45) is 3.15. The van der Waals surface area contributed by atoms with Gasteiger partial charge in [0, 0.05) is 28.7 Å². The SMILES string of the molecule is CC(NC(=O)Nc1ccc(Cl)cc1)C1N=C(c2cccnc2)NN1. The zero-order valence-corrected chi connectivity index (χ0v) is 13.7. The van der Waals surface area contributed by atoms with E-state index < -0.39 is 0 Å². The fourth-order valence-corrected chi connectivity index (χ4v) is 2.34. The van der Waals surface area contributed by atoms with E-state index in [0.29, 0.717) is 16.5 Å². The molecule has 2 atom stereocenters. The Balaban J connectivity index is 1.57. The Morgan fingerprint density at radius 1 is 1.29 bits per heavy atom. The largest absolute Gasteiger partial charge is 0.332 e. The van der Waals surface area contributed by atoms with E-state index in [4.69, 9.17) is 11.6 Å². The van der Waals surface area contributed by atoms with Crippen LogP contribution in [-0.2, 0) is 0 Å². The van der Waals surface area contributed by atoms with E-state index in [2.05, 4.69) is 31.5 Å². The molecule has 124 valence electrons. The number of urea groups is 1. The lowest BCUT2D eigenvalue weighted by atomic mass is 10.2. The summed E-state index contributed by atoms with van der Waals surface area (Å²) in [5.41, 5.74) is 7.59. The van der Waals surface area contributed by atoms with Gasteiger partial charge in [0.15, 0.2) is 0 Å². The number of pyridine rings is 1. The van der Waals surface area contributed by atoms with Gasteiger partial charge in [-0.25, -0.2) is 15.2 Å². The third-order valence-corrected chi connectivity index (χ3v) is 3.73. The molecule has 4 N–H and O–H groups in total. The molecule has 0 radical (unpaired) electrons. The Labute approximate surface area is 144 Å². The quantitative estimate of drug-likeness (QED) is 0.684. The van der Waals surface area contributed by atoms with Crippen LogP contribution in [0.2, 0.25) is 5.02 Å². The third-order valence-electron chi connectivity index (χ3n) is 3.48. The number of benzene rings is 1. The number of hydrazine groups is 1. The van der Waals surface area contributed by atoms with Gasteiger partial charge < -0.3 is 16.1 Å². The average Bonchev–Trinajstić information content (AvgIpc) is 3.08. The summed E-state index contributed by atoms with van der Waals surface area (Å²) in [6.45, 7) is 1.87. The van der Waals surface area contributed by atoms with Crippen molar-refractivity contribution in [2.24, 2.45) is 4.99 Å². The number of aromatic nitrogens is 1. The minimum absolute atomic E-state index is 0.223. The normalized spacial score (nSPS) is 17.6. The summed E-state index contributed by atoms with van der Waals surface area (Å²) in [5.74, 6) is 0.694. The topological polar surface area (TPSA) is 90.4 Å². The van der Waals surface area contributed by atoms with Crippen LogP contribution in [0.1, 0.15) is 12.5 Å². The number of amidine groups is 1. The van der Waals surface area contributed by atoms with Gasteiger partial charge in [0.05, 0.1) is 6.04 Å². The molecule has 8 heteroatoms. The number of nitrogens with one attached hydrogen (secondary N) is 4. The smallest absolute Gasteiger partial charge is 0.319 e. The van der Waals surface area contributed by atoms with Crippen LogP contribution in [0.15, 0.2) is 53.8 Å². The molecule has 0 spiro atoms. The Morgan fingerprint density at radius 3 is 2.79 bits per heavy atom. The van der Waals surface area contributed by atoms with Gasteiger partial charge in [0.2, 0.25) is 0 Å². The Morgan fingerprint density at radius 2 is 2.08 bits per heavy atom. The number of nitrogens with zero attached hydrogens (tertiary/aromatic N) is 2. The molecule has 1 aromatic heterocycles. The van der Waals surface area contributed by atoms with Crippen LogP contribution >= 0.6 is 11.6 Å². The average molecular weight is 345 g/mol. The molecule has 0 bridgehead atoms. The number of anilines is 1. The lowest BCUT2D eigenvalue weighted by molar-refractivity contribution is 0.246. The highest BCUT2D eigenvalue weighted by Crippen LogP contribution is 2.13. The second kappa shape index (κ2) is 7.29. The monoisotopic (exact) mass is 344 g/mol. The second-order valence-electron chi connectivity index (χ2n) is 5.33. The molecule has 1 aliphatic heterocycles. The molecule has 24 heavy (non-hydrogen) atoms. The molecule has 7 nitrogen and oxygen atoms in total. The van der Waals surface area contributed by atoms with Gasteiger partial charge >= 0.3 is 6.03 Å². The molecule has 0 saturated heterocycles. The van der Waals surface area contributed by atoms with E-state index in [1.807, 2.05) is 19.1 Å². The maximum Gasteiger partial charge on any atom is 0.319 e. The van der Waals surface area contributed by atoms with Crippen molar-refractivity contribution in [2.45, 2.75) is 19.1 Å². The highest BCUT2D eigenvalue weighted by atomic mass is 35.5. The first-order chi connectivity index (χ1) is 11.6. The Bertz CT molecular complexity index is 734. The Kier molecular flexibility index (Phi) is 4.93. The minimum Gasteiger partial charge on any atom is -0.332 e. The van der Waals surface area contributed by atoms with Crippen molar-refractivity contribution < 1.29 is 4.79 Å². The number of hydrogen-bond donors (Lipinski definition) is 4. The predicted octanol–water partition coefficient (Wildman–Crippen LogP) is 2.13. The van der Waals surface area contributed by atoms with Gasteiger partial charge in [-0.3, -0.25) is 4.98 Å². The maximum atomic E-state index is 12.1. The summed E-state index contributed by atoms with van der Waals surface area (Å²) >= 11 is 5.82. The van der Waals surface area contributed by atoms with E-state index in [-0.39, 0.29) is 18.2 Å². The van der Waals surface area contributed by atoms with Crippen LogP contribution in [-0.4, -0.2) is 29.1 Å². The molecule has 1 aliphatic rings. The van der Waals surface area contributed by atoms with Gasteiger partial charge in [-0.2, -0.15) is 0 Å². The van der Waals surface area contributed by atoms with Gasteiger partial charge in [-0.05, 0) is 43.3 Å². The van der Waals surface area contributed by atoms with Crippen molar-refractivity contribution >= 4 is 29.2 Å². The van der Waals surface area contributed by atoms with Crippen molar-refractivity contribution in [2.75, 3.05) is 5.32 Å². The molecule has 0 fully saturated rings. The Hall–Kier alpha value is -2.64. The number of aliphatic imine (C=N–C) groups is 1. The van der Waals surface area contributed by atoms with Crippen LogP contribution in [0.25, 0.3) is 0 Å². The van der Waals surface area contributed by atoms with E-state index in [0.717, 1.165) is 5.56 Å². The summed E-state index contributed by atoms with van der Waals surface area (Å²) < 4.78 is 0. The molecular formula is C16H17ClN6O. The number of rotatable bonds is 4. The van der Waals surface area contributed by atoms with Gasteiger partial charge in [0.1, 0.15) is 12.0 Å². The number of carbonyl (C=O) groups is 1. The summed E-state index contributed by atoms with van der Waals surface area (Å²) in [7, 11) is 0. The summed E-state index contributed by atoms with van der Waals surface area (Å²) in [6, 6.07) is 10.1. The summed E-state index contributed by atoms with van der Waals surface area (Å²) in [5, 5.41) is 6.22. The zero-order valence-electron chi connectivity index (χ0n) is 13.0. The second-order valence-corrected chi connectivity index (χ2v) is 5.76. The van der Waals surface area contributed by atoms with Crippen LogP contribution in [0, 0.1) is 0 Å². The minimum atomic E-state index is -0.309. The first-order valence-electron chi connectivity index (χ1n) is 7.44. The molecule has 0 saturated carbocycles. The van der Waals surface area contributed by atoms with Crippen molar-refractivity contribution in [1.29, 1.82) is 0 Å². The predicted molar refractivity (Wildman–Crippen MR) is 93.9 cm³/mol. The zero-order chi connectivity index (χ0) is 16.9. The summed E-state index contributed by atoms with van der Waals surface area (Å²) in [4.78, 5) is 20.6. The number of hydrogen-bond acceptors (Lipinski definition) is 5. The van der Waals surface area contributed by atoms with Crippen LogP contribution in [0.4, 0.5) is 10.5 Å². The van der Waals surface area contributed by atoms with Crippen molar-refractivity contribution in [3.05, 3.63) is 59.4 Å². The lowest BCUT2D eigenvalue weighted by Crippen LogP contribution is -2.49. The van der Waals surface area contributed by atoms with Crippen molar-refractivity contribution in [1.82, 2.24) is 21.2 Å². The number of carbonyl (C=O) groups excluding carboxylic acids is 1. The molecular weight excluding hydrogens is 328 g/mol. The van der Waals surface area contributed by atoms with Crippen LogP contribution in [0.3, 0.4) is 0 Å². The molecule has 2 unspecified atom stereocenters. The molecule has 2 heterocycles. The van der Waals surface area contributed by atoms with Gasteiger partial charge in [0.25, 0.3) is 0 Å². The molecule has 2 aromatic rings. The van der Waals surface area contributed by atoms with E-state index >= 15 is 0 Å². The fourth-order valence-electron chi connectivity index (χ4n) is 2.22. The number of halogens is 1. The van der Waals surface area contributed by atoms with Gasteiger partial charge in [-0.1, -0.05) is 11.6 Å². The van der Waals surface area contributed by atoms with Crippen molar-refractivity contribution in [3.8, 4) is 0 Å². The van der Waals surface area contributed by atoms with Crippen LogP contribution in [0.5, 0.6) is 0 Å².